The molecule has 30 heavy (non-hydrogen) atoms. The van der Waals surface area contributed by atoms with Crippen molar-refractivity contribution in [1.29, 1.82) is 0 Å². The Bertz CT molecular complexity index is 1260. The fourth-order valence-electron chi connectivity index (χ4n) is 2.81. The average molecular weight is 419 g/mol. The Morgan fingerprint density at radius 1 is 0.933 bits per heavy atom. The first kappa shape index (κ1) is 19.6. The zero-order valence-electron chi connectivity index (χ0n) is 16.0. The molecule has 1 aliphatic heterocycles. The summed E-state index contributed by atoms with van der Waals surface area (Å²) >= 11 is 0. The van der Waals surface area contributed by atoms with Crippen molar-refractivity contribution in [2.24, 2.45) is 4.99 Å². The Morgan fingerprint density at radius 3 is 2.40 bits per heavy atom. The molecule has 4 rings (SSSR count). The van der Waals surface area contributed by atoms with Gasteiger partial charge >= 0.3 is 16.1 Å². The van der Waals surface area contributed by atoms with Crippen LogP contribution < -0.4 is 4.18 Å². The monoisotopic (exact) mass is 419 g/mol. The first-order valence-electron chi connectivity index (χ1n) is 9.10. The van der Waals surface area contributed by atoms with E-state index in [0.29, 0.717) is 11.1 Å². The van der Waals surface area contributed by atoms with Gasteiger partial charge in [-0.3, -0.25) is 0 Å². The second-order valence-corrected chi connectivity index (χ2v) is 8.17. The molecule has 0 amide bonds. The fraction of sp³-hybridized carbons (Fsp3) is 0.0435. The molecule has 1 aliphatic rings. The minimum Gasteiger partial charge on any atom is -0.402 e. The number of hydrogen-bond acceptors (Lipinski definition) is 6. The van der Waals surface area contributed by atoms with Crippen LogP contribution in [0.4, 0.5) is 0 Å². The molecular weight excluding hydrogens is 402 g/mol. The molecule has 0 aromatic heterocycles. The van der Waals surface area contributed by atoms with Gasteiger partial charge in [-0.1, -0.05) is 48.0 Å². The average Bonchev–Trinajstić information content (AvgIpc) is 3.09. The molecule has 7 heteroatoms. The lowest BCUT2D eigenvalue weighted by atomic mass is 10.2. The van der Waals surface area contributed by atoms with E-state index in [1.807, 2.05) is 25.1 Å². The third-order valence-corrected chi connectivity index (χ3v) is 5.58. The van der Waals surface area contributed by atoms with Gasteiger partial charge in [-0.15, -0.1) is 0 Å². The van der Waals surface area contributed by atoms with Crippen molar-refractivity contribution < 1.29 is 22.1 Å². The van der Waals surface area contributed by atoms with E-state index >= 15 is 0 Å². The highest BCUT2D eigenvalue weighted by Gasteiger charge is 2.24. The number of aliphatic imine (C=N–C) groups is 1. The molecule has 3 aromatic carbocycles. The number of nitrogens with zero attached hydrogens (tertiary/aromatic N) is 1. The summed E-state index contributed by atoms with van der Waals surface area (Å²) in [5, 5.41) is 0. The van der Waals surface area contributed by atoms with Crippen LogP contribution >= 0.6 is 0 Å². The third-order valence-electron chi connectivity index (χ3n) is 4.32. The molecular formula is C23H17NO5S. The molecule has 0 fully saturated rings. The van der Waals surface area contributed by atoms with Crippen LogP contribution in [0.2, 0.25) is 0 Å². The van der Waals surface area contributed by atoms with E-state index in [2.05, 4.69) is 4.99 Å². The fourth-order valence-corrected chi connectivity index (χ4v) is 3.73. The zero-order chi connectivity index (χ0) is 21.1. The molecule has 0 aliphatic carbocycles. The van der Waals surface area contributed by atoms with Crippen molar-refractivity contribution in [2.45, 2.75) is 11.8 Å². The van der Waals surface area contributed by atoms with Crippen molar-refractivity contribution in [2.75, 3.05) is 0 Å². The molecule has 0 N–H and O–H groups in total. The largest absolute Gasteiger partial charge is 0.402 e. The van der Waals surface area contributed by atoms with Crippen molar-refractivity contribution in [3.8, 4) is 5.75 Å². The van der Waals surface area contributed by atoms with Crippen LogP contribution in [0, 0.1) is 6.92 Å². The second-order valence-electron chi connectivity index (χ2n) is 6.63. The highest BCUT2D eigenvalue weighted by Crippen LogP contribution is 2.23. The highest BCUT2D eigenvalue weighted by atomic mass is 32.2. The maximum absolute atomic E-state index is 12.5. The minimum absolute atomic E-state index is 0.0633. The topological polar surface area (TPSA) is 82.0 Å². The third kappa shape index (κ3) is 4.31. The second kappa shape index (κ2) is 7.96. The van der Waals surface area contributed by atoms with E-state index in [-0.39, 0.29) is 22.2 Å². The minimum atomic E-state index is -3.97. The van der Waals surface area contributed by atoms with E-state index < -0.39 is 16.1 Å². The van der Waals surface area contributed by atoms with Crippen molar-refractivity contribution in [3.05, 3.63) is 101 Å². The zero-order valence-corrected chi connectivity index (χ0v) is 16.8. The van der Waals surface area contributed by atoms with E-state index in [9.17, 15) is 13.2 Å². The van der Waals surface area contributed by atoms with Gasteiger partial charge in [-0.05, 0) is 55.0 Å². The first-order valence-corrected chi connectivity index (χ1v) is 10.5. The van der Waals surface area contributed by atoms with Gasteiger partial charge in [0.2, 0.25) is 5.90 Å². The first-order chi connectivity index (χ1) is 14.4. The van der Waals surface area contributed by atoms with E-state index in [1.165, 1.54) is 30.3 Å². The number of rotatable bonds is 5. The predicted molar refractivity (Wildman–Crippen MR) is 112 cm³/mol. The van der Waals surface area contributed by atoms with Gasteiger partial charge in [0.25, 0.3) is 0 Å². The van der Waals surface area contributed by atoms with Crippen molar-refractivity contribution >= 4 is 28.1 Å². The predicted octanol–water partition coefficient (Wildman–Crippen LogP) is 4.11. The summed E-state index contributed by atoms with van der Waals surface area (Å²) in [4.78, 5) is 16.5. The molecule has 0 radical (unpaired) electrons. The van der Waals surface area contributed by atoms with Crippen LogP contribution in [-0.4, -0.2) is 20.3 Å². The van der Waals surface area contributed by atoms with Gasteiger partial charge in [0, 0.05) is 5.56 Å². The number of esters is 1. The SMILES string of the molecule is Cc1ccc(S(=O)(=O)Oc2cccc(/C=C3\N=C(c4ccccc4)OC3=O)c2)cc1. The molecule has 0 atom stereocenters. The maximum Gasteiger partial charge on any atom is 0.363 e. The Morgan fingerprint density at radius 2 is 1.67 bits per heavy atom. The summed E-state index contributed by atoms with van der Waals surface area (Å²) in [5.74, 6) is -0.225. The quantitative estimate of drug-likeness (QED) is 0.353. The summed E-state index contributed by atoms with van der Waals surface area (Å²) in [6, 6.07) is 21.8. The van der Waals surface area contributed by atoms with Gasteiger partial charge < -0.3 is 8.92 Å². The number of cyclic esters (lactones) is 1. The Labute approximate surface area is 174 Å². The van der Waals surface area contributed by atoms with Gasteiger partial charge in [0.05, 0.1) is 0 Å². The molecule has 0 bridgehead atoms. The Kier molecular flexibility index (Phi) is 5.20. The number of hydrogen-bond donors (Lipinski definition) is 0. The van der Waals surface area contributed by atoms with Gasteiger partial charge in [-0.25, -0.2) is 9.79 Å². The lowest BCUT2D eigenvalue weighted by Crippen LogP contribution is -2.09. The van der Waals surface area contributed by atoms with Crippen molar-refractivity contribution in [1.82, 2.24) is 0 Å². The Hall–Kier alpha value is -3.71. The van der Waals surface area contributed by atoms with Gasteiger partial charge in [-0.2, -0.15) is 8.42 Å². The lowest BCUT2D eigenvalue weighted by Gasteiger charge is -2.08. The molecule has 0 spiro atoms. The number of ether oxygens (including phenoxy) is 1. The Balaban J connectivity index is 1.58. The van der Waals surface area contributed by atoms with Gasteiger partial charge in [0.1, 0.15) is 10.6 Å². The van der Waals surface area contributed by atoms with E-state index in [4.69, 9.17) is 8.92 Å². The van der Waals surface area contributed by atoms with E-state index in [1.54, 1.807) is 36.4 Å². The van der Waals surface area contributed by atoms with E-state index in [0.717, 1.165) is 5.56 Å². The van der Waals surface area contributed by atoms with Crippen LogP contribution in [0.25, 0.3) is 6.08 Å². The van der Waals surface area contributed by atoms with Crippen LogP contribution in [0.5, 0.6) is 5.75 Å². The maximum atomic E-state index is 12.5. The summed E-state index contributed by atoms with van der Waals surface area (Å²) < 4.78 is 35.4. The number of aryl methyl sites for hydroxylation is 1. The lowest BCUT2D eigenvalue weighted by molar-refractivity contribution is -0.129. The standard InChI is InChI=1S/C23H17NO5S/c1-16-10-12-20(13-11-16)30(26,27)29-19-9-5-6-17(14-19)15-21-23(25)28-22(24-21)18-7-3-2-4-8-18/h2-15H,1H3/b21-15-. The summed E-state index contributed by atoms with van der Waals surface area (Å²) in [7, 11) is -3.97. The molecule has 0 unspecified atom stereocenters. The summed E-state index contributed by atoms with van der Waals surface area (Å²) in [5.41, 5.74) is 2.31. The van der Waals surface area contributed by atoms with Crippen LogP contribution in [0.1, 0.15) is 16.7 Å². The van der Waals surface area contributed by atoms with Crippen LogP contribution in [0.15, 0.2) is 94.4 Å². The molecule has 150 valence electrons. The smallest absolute Gasteiger partial charge is 0.363 e. The summed E-state index contributed by atoms with van der Waals surface area (Å²) in [6.45, 7) is 1.87. The molecule has 3 aromatic rings. The van der Waals surface area contributed by atoms with Crippen molar-refractivity contribution in [3.63, 3.8) is 0 Å². The number of benzene rings is 3. The number of carbonyl (C=O) groups is 1. The molecule has 6 nitrogen and oxygen atoms in total. The number of carbonyl (C=O) groups excluding carboxylic acids is 1. The molecule has 0 saturated heterocycles. The van der Waals surface area contributed by atoms with Crippen LogP contribution in [0.3, 0.4) is 0 Å². The van der Waals surface area contributed by atoms with Gasteiger partial charge in [0.15, 0.2) is 5.70 Å². The summed E-state index contributed by atoms with van der Waals surface area (Å²) in [6.07, 6.45) is 1.52. The molecule has 0 saturated carbocycles. The highest BCUT2D eigenvalue weighted by molar-refractivity contribution is 7.87. The van der Waals surface area contributed by atoms with Crippen LogP contribution in [-0.2, 0) is 19.6 Å². The normalized spacial score (nSPS) is 15.0. The molecule has 1 heterocycles.